The third-order valence-electron chi connectivity index (χ3n) is 4.62. The van der Waals surface area contributed by atoms with E-state index in [4.69, 9.17) is 5.11 Å². The van der Waals surface area contributed by atoms with Crippen LogP contribution in [-0.4, -0.2) is 60.1 Å². The second-order valence-electron chi connectivity index (χ2n) is 5.79. The Morgan fingerprint density at radius 1 is 1.06 bits per heavy atom. The van der Waals surface area contributed by atoms with E-state index in [-0.39, 0.29) is 5.92 Å². The molecule has 0 unspecified atom stereocenters. The van der Waals surface area contributed by atoms with Crippen molar-refractivity contribution in [3.8, 4) is 0 Å². The van der Waals surface area contributed by atoms with Gasteiger partial charge in [-0.1, -0.05) is 6.92 Å². The first-order valence-corrected chi connectivity index (χ1v) is 7.36. The van der Waals surface area contributed by atoms with E-state index < -0.39 is 5.97 Å². The molecule has 0 aromatic carbocycles. The minimum absolute atomic E-state index is 0.0711. The van der Waals surface area contributed by atoms with Crippen molar-refractivity contribution in [2.24, 2.45) is 11.8 Å². The van der Waals surface area contributed by atoms with E-state index in [9.17, 15) is 4.79 Å². The molecule has 0 atom stereocenters. The van der Waals surface area contributed by atoms with Crippen LogP contribution in [0.5, 0.6) is 0 Å². The number of hydrogen-bond acceptors (Lipinski definition) is 3. The van der Waals surface area contributed by atoms with Crippen LogP contribution in [0.15, 0.2) is 0 Å². The zero-order valence-electron chi connectivity index (χ0n) is 11.5. The first kappa shape index (κ1) is 13.8. The van der Waals surface area contributed by atoms with Gasteiger partial charge in [-0.2, -0.15) is 0 Å². The molecule has 4 nitrogen and oxygen atoms in total. The summed E-state index contributed by atoms with van der Waals surface area (Å²) in [7, 11) is 0. The molecule has 1 saturated heterocycles. The van der Waals surface area contributed by atoms with Crippen LogP contribution >= 0.6 is 0 Å². The zero-order chi connectivity index (χ0) is 13.0. The first-order chi connectivity index (χ1) is 8.69. The molecule has 0 spiro atoms. The monoisotopic (exact) mass is 254 g/mol. The molecule has 2 fully saturated rings. The number of piperazine rings is 1. The molecular formula is C14H26N2O2. The van der Waals surface area contributed by atoms with Crippen molar-refractivity contribution in [3.05, 3.63) is 0 Å². The maximum atomic E-state index is 10.9. The maximum Gasteiger partial charge on any atom is 0.306 e. The van der Waals surface area contributed by atoms with Gasteiger partial charge < -0.3 is 14.9 Å². The molecule has 2 rings (SSSR count). The smallest absolute Gasteiger partial charge is 0.306 e. The second-order valence-corrected chi connectivity index (χ2v) is 5.79. The van der Waals surface area contributed by atoms with E-state index in [1.165, 1.54) is 32.7 Å². The predicted molar refractivity (Wildman–Crippen MR) is 71.6 cm³/mol. The largest absolute Gasteiger partial charge is 0.481 e. The van der Waals surface area contributed by atoms with Crippen molar-refractivity contribution in [1.29, 1.82) is 0 Å². The van der Waals surface area contributed by atoms with E-state index in [0.717, 1.165) is 38.1 Å². The normalized spacial score (nSPS) is 31.4. The number of rotatable bonds is 4. The fourth-order valence-corrected chi connectivity index (χ4v) is 3.25. The summed E-state index contributed by atoms with van der Waals surface area (Å²) in [6.07, 6.45) is 3.97. The van der Waals surface area contributed by atoms with Crippen LogP contribution in [0, 0.1) is 11.8 Å². The Morgan fingerprint density at radius 3 is 2.11 bits per heavy atom. The molecule has 4 heteroatoms. The molecule has 1 saturated carbocycles. The third-order valence-corrected chi connectivity index (χ3v) is 4.62. The molecular weight excluding hydrogens is 228 g/mol. The van der Waals surface area contributed by atoms with E-state index in [1.54, 1.807) is 0 Å². The highest BCUT2D eigenvalue weighted by Gasteiger charge is 2.27. The Bertz CT molecular complexity index is 267. The molecule has 0 radical (unpaired) electrons. The maximum absolute atomic E-state index is 10.9. The van der Waals surface area contributed by atoms with Crippen molar-refractivity contribution < 1.29 is 9.90 Å². The van der Waals surface area contributed by atoms with Gasteiger partial charge >= 0.3 is 5.97 Å². The lowest BCUT2D eigenvalue weighted by Gasteiger charge is -2.37. The number of likely N-dealkylation sites (N-methyl/N-ethyl adjacent to an activating group) is 1. The molecule has 18 heavy (non-hydrogen) atoms. The summed E-state index contributed by atoms with van der Waals surface area (Å²) in [5.41, 5.74) is 0. The van der Waals surface area contributed by atoms with Crippen LogP contribution in [0.25, 0.3) is 0 Å². The standard InChI is InChI=1S/C14H26N2O2/c1-2-15-7-9-16(10-8-15)11-12-3-5-13(6-4-12)14(17)18/h12-13H,2-11H2,1H3,(H,17,18). The van der Waals surface area contributed by atoms with Crippen molar-refractivity contribution in [2.75, 3.05) is 39.3 Å². The van der Waals surface area contributed by atoms with Crippen molar-refractivity contribution in [2.45, 2.75) is 32.6 Å². The van der Waals surface area contributed by atoms with Crippen molar-refractivity contribution in [1.82, 2.24) is 9.80 Å². The summed E-state index contributed by atoms with van der Waals surface area (Å²) >= 11 is 0. The van der Waals surface area contributed by atoms with Crippen LogP contribution < -0.4 is 0 Å². The van der Waals surface area contributed by atoms with Gasteiger partial charge in [-0.15, -0.1) is 0 Å². The van der Waals surface area contributed by atoms with E-state index >= 15 is 0 Å². The number of hydrogen-bond donors (Lipinski definition) is 1. The minimum Gasteiger partial charge on any atom is -0.481 e. The number of carboxylic acid groups (broad SMARTS) is 1. The second kappa shape index (κ2) is 6.53. The van der Waals surface area contributed by atoms with E-state index in [0.29, 0.717) is 0 Å². The molecule has 0 bridgehead atoms. The lowest BCUT2D eigenvalue weighted by molar-refractivity contribution is -0.143. The Balaban J connectivity index is 1.67. The highest BCUT2D eigenvalue weighted by atomic mass is 16.4. The zero-order valence-corrected chi connectivity index (χ0v) is 11.5. The van der Waals surface area contributed by atoms with Crippen LogP contribution in [0.4, 0.5) is 0 Å². The third kappa shape index (κ3) is 3.69. The molecule has 104 valence electrons. The van der Waals surface area contributed by atoms with Gasteiger partial charge in [0.15, 0.2) is 0 Å². The van der Waals surface area contributed by atoms with Crippen LogP contribution in [0.2, 0.25) is 0 Å². The van der Waals surface area contributed by atoms with Crippen LogP contribution in [0.1, 0.15) is 32.6 Å². The summed E-state index contributed by atoms with van der Waals surface area (Å²) < 4.78 is 0. The first-order valence-electron chi connectivity index (χ1n) is 7.36. The van der Waals surface area contributed by atoms with Crippen molar-refractivity contribution in [3.63, 3.8) is 0 Å². The van der Waals surface area contributed by atoms with Gasteiger partial charge in [-0.25, -0.2) is 0 Å². The fraction of sp³-hybridized carbons (Fsp3) is 0.929. The highest BCUT2D eigenvalue weighted by Crippen LogP contribution is 2.29. The number of aliphatic carboxylic acids is 1. The Labute approximate surface area is 110 Å². The Kier molecular flexibility index (Phi) is 5.01. The van der Waals surface area contributed by atoms with Gasteiger partial charge in [-0.3, -0.25) is 4.79 Å². The van der Waals surface area contributed by atoms with Gasteiger partial charge in [0.25, 0.3) is 0 Å². The highest BCUT2D eigenvalue weighted by molar-refractivity contribution is 5.69. The summed E-state index contributed by atoms with van der Waals surface area (Å²) in [6.45, 7) is 9.34. The SMILES string of the molecule is CCN1CCN(CC2CCC(C(=O)O)CC2)CC1. The van der Waals surface area contributed by atoms with Gasteiger partial charge in [0.05, 0.1) is 5.92 Å². The Morgan fingerprint density at radius 2 is 1.61 bits per heavy atom. The molecule has 2 aliphatic rings. The quantitative estimate of drug-likeness (QED) is 0.826. The summed E-state index contributed by atoms with van der Waals surface area (Å²) in [6, 6.07) is 0. The minimum atomic E-state index is -0.593. The van der Waals surface area contributed by atoms with Crippen LogP contribution in [-0.2, 0) is 4.79 Å². The molecule has 1 N–H and O–H groups in total. The number of carboxylic acids is 1. The molecule has 0 aromatic heterocycles. The average molecular weight is 254 g/mol. The predicted octanol–water partition coefficient (Wildman–Crippen LogP) is 1.51. The summed E-state index contributed by atoms with van der Waals surface area (Å²) in [5.74, 6) is 0.0666. The lowest BCUT2D eigenvalue weighted by Crippen LogP contribution is -2.47. The molecule has 1 heterocycles. The summed E-state index contributed by atoms with van der Waals surface area (Å²) in [4.78, 5) is 16.0. The molecule has 0 aromatic rings. The molecule has 0 amide bonds. The van der Waals surface area contributed by atoms with Gasteiger partial charge in [0, 0.05) is 32.7 Å². The van der Waals surface area contributed by atoms with E-state index in [1.807, 2.05) is 0 Å². The Hall–Kier alpha value is -0.610. The van der Waals surface area contributed by atoms with E-state index in [2.05, 4.69) is 16.7 Å². The number of carbonyl (C=O) groups is 1. The molecule has 1 aliphatic heterocycles. The topological polar surface area (TPSA) is 43.8 Å². The number of nitrogens with zero attached hydrogens (tertiary/aromatic N) is 2. The van der Waals surface area contributed by atoms with Crippen LogP contribution in [0.3, 0.4) is 0 Å². The fourth-order valence-electron chi connectivity index (χ4n) is 3.25. The van der Waals surface area contributed by atoms with Gasteiger partial charge in [0.2, 0.25) is 0 Å². The van der Waals surface area contributed by atoms with Crippen molar-refractivity contribution >= 4 is 5.97 Å². The summed E-state index contributed by atoms with van der Waals surface area (Å²) in [5, 5.41) is 8.99. The average Bonchev–Trinajstić information content (AvgIpc) is 2.40. The van der Waals surface area contributed by atoms with Gasteiger partial charge in [0.1, 0.15) is 0 Å². The van der Waals surface area contributed by atoms with Gasteiger partial charge in [-0.05, 0) is 38.1 Å². The molecule has 1 aliphatic carbocycles. The lowest BCUT2D eigenvalue weighted by atomic mass is 9.82.